The van der Waals surface area contributed by atoms with Crippen LogP contribution in [-0.2, 0) is 4.74 Å². The second-order valence-corrected chi connectivity index (χ2v) is 10.4. The summed E-state index contributed by atoms with van der Waals surface area (Å²) >= 11 is 0. The highest BCUT2D eigenvalue weighted by Gasteiger charge is 2.32. The second kappa shape index (κ2) is 9.01. The van der Waals surface area contributed by atoms with E-state index >= 15 is 8.78 Å². The number of H-pyrrole nitrogens is 1. The molecular formula is C26H29F2N5O3. The van der Waals surface area contributed by atoms with Gasteiger partial charge in [-0.3, -0.25) is 0 Å². The minimum Gasteiger partial charge on any atom is -0.465 e. The molecule has 8 nitrogen and oxygen atoms in total. The number of hydrogen-bond donors (Lipinski definition) is 4. The Balaban J connectivity index is 1.22. The molecule has 0 spiro atoms. The fourth-order valence-electron chi connectivity index (χ4n) is 5.25. The fraction of sp³-hybridized carbons (Fsp3) is 0.462. The van der Waals surface area contributed by atoms with Gasteiger partial charge in [-0.15, -0.1) is 0 Å². The molecule has 190 valence electrons. The van der Waals surface area contributed by atoms with Gasteiger partial charge in [0.1, 0.15) is 23.8 Å². The van der Waals surface area contributed by atoms with Gasteiger partial charge in [0.05, 0.1) is 24.6 Å². The topological polar surface area (TPSA) is 104 Å². The lowest BCUT2D eigenvalue weighted by Gasteiger charge is -2.31. The predicted molar refractivity (Wildman–Crippen MR) is 132 cm³/mol. The molecule has 4 atom stereocenters. The summed E-state index contributed by atoms with van der Waals surface area (Å²) in [4.78, 5) is 11.8. The van der Waals surface area contributed by atoms with Crippen LogP contribution in [0.4, 0.5) is 8.78 Å². The summed E-state index contributed by atoms with van der Waals surface area (Å²) in [6, 6.07) is 1.97. The van der Waals surface area contributed by atoms with Crippen molar-refractivity contribution in [2.75, 3.05) is 19.8 Å². The van der Waals surface area contributed by atoms with Crippen LogP contribution >= 0.6 is 0 Å². The third-order valence-electron chi connectivity index (χ3n) is 7.30. The fourth-order valence-corrected chi connectivity index (χ4v) is 5.25. The smallest absolute Gasteiger partial charge is 0.285 e. The van der Waals surface area contributed by atoms with Crippen LogP contribution in [0, 0.1) is 5.41 Å². The zero-order chi connectivity index (χ0) is 24.9. The molecule has 4 N–H and O–H groups in total. The quantitative estimate of drug-likeness (QED) is 0.503. The van der Waals surface area contributed by atoms with Gasteiger partial charge in [0, 0.05) is 41.9 Å². The summed E-state index contributed by atoms with van der Waals surface area (Å²) in [6.07, 6.45) is 9.98. The van der Waals surface area contributed by atoms with Crippen molar-refractivity contribution in [2.45, 2.75) is 50.7 Å². The molecule has 1 aliphatic carbocycles. The SMILES string of the molecule is CC1(CO)CN=C(NC2C=C(F)C(Oc3ccnc4[nH]cc(C5=CC6CCC(C5)N6)c34)=C(F)C2)OC1. The van der Waals surface area contributed by atoms with E-state index in [0.29, 0.717) is 30.0 Å². The van der Waals surface area contributed by atoms with Gasteiger partial charge in [-0.2, -0.15) is 0 Å². The van der Waals surface area contributed by atoms with E-state index in [-0.39, 0.29) is 25.7 Å². The third-order valence-corrected chi connectivity index (χ3v) is 7.30. The van der Waals surface area contributed by atoms with Crippen molar-refractivity contribution in [3.8, 4) is 5.75 Å². The molecule has 1 fully saturated rings. The van der Waals surface area contributed by atoms with Gasteiger partial charge in [0.15, 0.2) is 11.6 Å². The number of aromatic nitrogens is 2. The van der Waals surface area contributed by atoms with E-state index in [1.165, 1.54) is 11.6 Å². The van der Waals surface area contributed by atoms with E-state index < -0.39 is 28.9 Å². The first-order valence-electron chi connectivity index (χ1n) is 12.3. The maximum absolute atomic E-state index is 15.1. The van der Waals surface area contributed by atoms with Gasteiger partial charge in [-0.05, 0) is 37.0 Å². The zero-order valence-corrected chi connectivity index (χ0v) is 20.0. The number of nitrogens with zero attached hydrogens (tertiary/aromatic N) is 2. The molecule has 0 radical (unpaired) electrons. The van der Waals surface area contributed by atoms with Gasteiger partial charge in [0.2, 0.25) is 0 Å². The number of aliphatic hydroxyl groups excluding tert-OH is 1. The summed E-state index contributed by atoms with van der Waals surface area (Å²) in [6.45, 7) is 2.44. The van der Waals surface area contributed by atoms with Crippen molar-refractivity contribution in [3.05, 3.63) is 53.6 Å². The molecule has 2 aromatic rings. The Morgan fingerprint density at radius 1 is 1.28 bits per heavy atom. The highest BCUT2D eigenvalue weighted by molar-refractivity contribution is 5.95. The number of pyridine rings is 1. The maximum atomic E-state index is 15.1. The molecule has 2 bridgehead atoms. The van der Waals surface area contributed by atoms with Crippen LogP contribution in [0.25, 0.3) is 16.6 Å². The first-order valence-corrected chi connectivity index (χ1v) is 12.3. The van der Waals surface area contributed by atoms with Crippen molar-refractivity contribution in [3.63, 3.8) is 0 Å². The van der Waals surface area contributed by atoms with Crippen LogP contribution in [0.5, 0.6) is 5.75 Å². The average molecular weight is 498 g/mol. The highest BCUT2D eigenvalue weighted by atomic mass is 19.1. The molecule has 10 heteroatoms. The van der Waals surface area contributed by atoms with Gasteiger partial charge >= 0.3 is 0 Å². The van der Waals surface area contributed by atoms with E-state index in [0.717, 1.165) is 30.2 Å². The Morgan fingerprint density at radius 3 is 2.92 bits per heavy atom. The Morgan fingerprint density at radius 2 is 2.17 bits per heavy atom. The Bertz CT molecular complexity index is 1320. The summed E-state index contributed by atoms with van der Waals surface area (Å²) in [5, 5.41) is 16.7. The molecule has 1 saturated heterocycles. The Labute approximate surface area is 207 Å². The number of aromatic amines is 1. The third kappa shape index (κ3) is 4.28. The first-order chi connectivity index (χ1) is 17.4. The number of aliphatic hydroxyl groups is 1. The highest BCUT2D eigenvalue weighted by Crippen LogP contribution is 2.40. The van der Waals surface area contributed by atoms with E-state index in [1.54, 1.807) is 12.3 Å². The normalized spacial score (nSPS) is 30.0. The molecule has 0 saturated carbocycles. The lowest BCUT2D eigenvalue weighted by atomic mass is 9.93. The number of allylic oxidation sites excluding steroid dienone is 1. The number of halogens is 2. The van der Waals surface area contributed by atoms with Gasteiger partial charge in [0.25, 0.3) is 6.02 Å². The number of fused-ring (bicyclic) bond motifs is 3. The Kier molecular flexibility index (Phi) is 5.80. The molecular weight excluding hydrogens is 468 g/mol. The molecule has 4 aliphatic rings. The number of nitrogens with one attached hydrogen (secondary N) is 3. The van der Waals surface area contributed by atoms with E-state index in [9.17, 15) is 5.11 Å². The lowest BCUT2D eigenvalue weighted by molar-refractivity contribution is 0.0664. The van der Waals surface area contributed by atoms with Gasteiger partial charge in [-0.1, -0.05) is 13.0 Å². The number of ether oxygens (including phenoxy) is 2. The van der Waals surface area contributed by atoms with Crippen molar-refractivity contribution in [2.24, 2.45) is 10.4 Å². The lowest BCUT2D eigenvalue weighted by Crippen LogP contribution is -2.44. The second-order valence-electron chi connectivity index (χ2n) is 10.4. The molecule has 0 amide bonds. The average Bonchev–Trinajstić information content (AvgIpc) is 3.46. The van der Waals surface area contributed by atoms with Crippen LogP contribution in [0.15, 0.2) is 53.0 Å². The van der Waals surface area contributed by atoms with Gasteiger partial charge in [-0.25, -0.2) is 18.8 Å². The van der Waals surface area contributed by atoms with E-state index in [4.69, 9.17) is 9.47 Å². The molecule has 0 aromatic carbocycles. The van der Waals surface area contributed by atoms with Crippen LogP contribution in [-0.4, -0.2) is 59.0 Å². The Hall–Kier alpha value is -3.24. The predicted octanol–water partition coefficient (Wildman–Crippen LogP) is 3.63. The van der Waals surface area contributed by atoms with E-state index in [2.05, 4.69) is 31.7 Å². The summed E-state index contributed by atoms with van der Waals surface area (Å²) in [5.74, 6) is -1.57. The maximum Gasteiger partial charge on any atom is 0.285 e. The summed E-state index contributed by atoms with van der Waals surface area (Å²) in [7, 11) is 0. The minimum absolute atomic E-state index is 0.0553. The molecule has 6 rings (SSSR count). The molecule has 2 aromatic heterocycles. The first kappa shape index (κ1) is 23.2. The van der Waals surface area contributed by atoms with Crippen LogP contribution in [0.2, 0.25) is 0 Å². The van der Waals surface area contributed by atoms with Crippen LogP contribution < -0.4 is 15.4 Å². The number of rotatable bonds is 5. The van der Waals surface area contributed by atoms with Crippen molar-refractivity contribution < 1.29 is 23.4 Å². The minimum atomic E-state index is -0.797. The van der Waals surface area contributed by atoms with Crippen molar-refractivity contribution >= 4 is 22.6 Å². The number of amidine groups is 1. The summed E-state index contributed by atoms with van der Waals surface area (Å²) < 4.78 is 41.7. The summed E-state index contributed by atoms with van der Waals surface area (Å²) in [5.41, 5.74) is 2.29. The van der Waals surface area contributed by atoms with Crippen molar-refractivity contribution in [1.29, 1.82) is 0 Å². The standard InChI is InChI=1S/C26H29F2N5O3/c1-26(12-34)11-31-25(35-13-26)33-17-8-19(27)23(20(28)9-17)36-21-4-5-29-24-22(21)18(10-30-24)14-6-15-2-3-16(7-14)32-15/h4-6,8,10,15-17,32,34H,2-3,7,9,11-13H2,1H3,(H,29,30)(H,31,33). The van der Waals surface area contributed by atoms with Crippen LogP contribution in [0.1, 0.15) is 38.2 Å². The largest absolute Gasteiger partial charge is 0.465 e. The molecule has 5 heterocycles. The van der Waals surface area contributed by atoms with E-state index in [1.807, 2.05) is 13.1 Å². The molecule has 4 unspecified atom stereocenters. The molecule has 36 heavy (non-hydrogen) atoms. The van der Waals surface area contributed by atoms with Crippen molar-refractivity contribution in [1.82, 2.24) is 20.6 Å². The van der Waals surface area contributed by atoms with Gasteiger partial charge < -0.3 is 30.2 Å². The number of hydrogen-bond acceptors (Lipinski definition) is 7. The zero-order valence-electron chi connectivity index (χ0n) is 20.0. The molecule has 3 aliphatic heterocycles. The number of aliphatic imine (C=N–C) groups is 1. The van der Waals surface area contributed by atoms with Crippen LogP contribution in [0.3, 0.4) is 0 Å². The monoisotopic (exact) mass is 497 g/mol.